The summed E-state index contributed by atoms with van der Waals surface area (Å²) in [6, 6.07) is 7.69. The minimum Gasteiger partial charge on any atom is -0.324 e. The Morgan fingerprint density at radius 3 is 2.94 bits per heavy atom. The van der Waals surface area contributed by atoms with Crippen molar-refractivity contribution in [3.05, 3.63) is 42.2 Å². The van der Waals surface area contributed by atoms with Gasteiger partial charge in [-0.3, -0.25) is 4.79 Å². The standard InChI is InChI=1S/C12H15N5O/c1-13-8-10-4-2-3-5-11(10)15-12(18)9-17-7-6-14-16-17/h2-7,13H,8-9H2,1H3,(H,15,18). The van der Waals surface area contributed by atoms with Crippen LogP contribution in [0.3, 0.4) is 0 Å². The van der Waals surface area contributed by atoms with Crippen LogP contribution in [0.2, 0.25) is 0 Å². The van der Waals surface area contributed by atoms with Crippen LogP contribution in [-0.2, 0) is 17.9 Å². The zero-order chi connectivity index (χ0) is 12.8. The number of anilines is 1. The lowest BCUT2D eigenvalue weighted by atomic mass is 10.2. The molecular formula is C12H15N5O. The van der Waals surface area contributed by atoms with Crippen molar-refractivity contribution in [1.29, 1.82) is 0 Å². The van der Waals surface area contributed by atoms with Gasteiger partial charge in [0.25, 0.3) is 0 Å². The lowest BCUT2D eigenvalue weighted by molar-refractivity contribution is -0.116. The zero-order valence-corrected chi connectivity index (χ0v) is 10.1. The highest BCUT2D eigenvalue weighted by atomic mass is 16.2. The van der Waals surface area contributed by atoms with Crippen LogP contribution in [0.15, 0.2) is 36.7 Å². The molecule has 0 atom stereocenters. The zero-order valence-electron chi connectivity index (χ0n) is 10.1. The molecule has 6 nitrogen and oxygen atoms in total. The molecule has 94 valence electrons. The van der Waals surface area contributed by atoms with Gasteiger partial charge in [-0.15, -0.1) is 5.10 Å². The summed E-state index contributed by atoms with van der Waals surface area (Å²) < 4.78 is 1.48. The molecule has 2 N–H and O–H groups in total. The summed E-state index contributed by atoms with van der Waals surface area (Å²) >= 11 is 0. The number of carbonyl (C=O) groups is 1. The normalized spacial score (nSPS) is 10.3. The molecule has 1 aromatic carbocycles. The van der Waals surface area contributed by atoms with Crippen molar-refractivity contribution < 1.29 is 4.79 Å². The van der Waals surface area contributed by atoms with Crippen molar-refractivity contribution in [2.45, 2.75) is 13.1 Å². The van der Waals surface area contributed by atoms with E-state index >= 15 is 0 Å². The first-order valence-corrected chi connectivity index (χ1v) is 5.66. The number of rotatable bonds is 5. The van der Waals surface area contributed by atoms with Crippen molar-refractivity contribution >= 4 is 11.6 Å². The van der Waals surface area contributed by atoms with Gasteiger partial charge in [-0.25, -0.2) is 4.68 Å². The highest BCUT2D eigenvalue weighted by molar-refractivity contribution is 5.91. The van der Waals surface area contributed by atoms with Crippen LogP contribution in [0.1, 0.15) is 5.56 Å². The van der Waals surface area contributed by atoms with Gasteiger partial charge < -0.3 is 10.6 Å². The van der Waals surface area contributed by atoms with Crippen LogP contribution in [0.5, 0.6) is 0 Å². The quantitative estimate of drug-likeness (QED) is 0.810. The summed E-state index contributed by atoms with van der Waals surface area (Å²) in [6.07, 6.45) is 3.20. The highest BCUT2D eigenvalue weighted by Gasteiger charge is 2.06. The van der Waals surface area contributed by atoms with Gasteiger partial charge in [0, 0.05) is 18.4 Å². The molecule has 6 heteroatoms. The van der Waals surface area contributed by atoms with Gasteiger partial charge >= 0.3 is 0 Å². The van der Waals surface area contributed by atoms with Crippen molar-refractivity contribution in [2.24, 2.45) is 0 Å². The lowest BCUT2D eigenvalue weighted by Crippen LogP contribution is -2.20. The Morgan fingerprint density at radius 1 is 1.39 bits per heavy atom. The van der Waals surface area contributed by atoms with Crippen LogP contribution in [0, 0.1) is 0 Å². The monoisotopic (exact) mass is 245 g/mol. The van der Waals surface area contributed by atoms with Crippen LogP contribution in [-0.4, -0.2) is 27.9 Å². The van der Waals surface area contributed by atoms with Crippen molar-refractivity contribution in [3.8, 4) is 0 Å². The molecule has 0 fully saturated rings. The minimum absolute atomic E-state index is 0.121. The van der Waals surface area contributed by atoms with E-state index < -0.39 is 0 Å². The van der Waals surface area contributed by atoms with E-state index in [1.807, 2.05) is 31.3 Å². The van der Waals surface area contributed by atoms with Crippen molar-refractivity contribution in [1.82, 2.24) is 20.3 Å². The third-order valence-electron chi connectivity index (χ3n) is 2.44. The van der Waals surface area contributed by atoms with Gasteiger partial charge in [0.1, 0.15) is 6.54 Å². The van der Waals surface area contributed by atoms with Gasteiger partial charge in [0.2, 0.25) is 5.91 Å². The summed E-state index contributed by atoms with van der Waals surface area (Å²) in [5.41, 5.74) is 1.86. The second-order valence-electron chi connectivity index (χ2n) is 3.84. The summed E-state index contributed by atoms with van der Waals surface area (Å²) in [5.74, 6) is -0.121. The van der Waals surface area contributed by atoms with E-state index in [0.29, 0.717) is 6.54 Å². The average molecular weight is 245 g/mol. The fraction of sp³-hybridized carbons (Fsp3) is 0.250. The van der Waals surface area contributed by atoms with E-state index in [2.05, 4.69) is 20.9 Å². The summed E-state index contributed by atoms with van der Waals surface area (Å²) in [6.45, 7) is 0.869. The van der Waals surface area contributed by atoms with Gasteiger partial charge in [0.15, 0.2) is 0 Å². The molecule has 1 aromatic heterocycles. The van der Waals surface area contributed by atoms with E-state index in [1.54, 1.807) is 12.4 Å². The third kappa shape index (κ3) is 3.14. The Labute approximate surface area is 105 Å². The van der Waals surface area contributed by atoms with Gasteiger partial charge in [-0.2, -0.15) is 0 Å². The molecule has 0 saturated heterocycles. The number of amides is 1. The predicted molar refractivity (Wildman–Crippen MR) is 67.9 cm³/mol. The number of aromatic nitrogens is 3. The smallest absolute Gasteiger partial charge is 0.246 e. The van der Waals surface area contributed by atoms with E-state index in [4.69, 9.17) is 0 Å². The highest BCUT2D eigenvalue weighted by Crippen LogP contribution is 2.14. The maximum atomic E-state index is 11.8. The van der Waals surface area contributed by atoms with E-state index in [-0.39, 0.29) is 12.5 Å². The minimum atomic E-state index is -0.121. The largest absolute Gasteiger partial charge is 0.324 e. The van der Waals surface area contributed by atoms with E-state index in [1.165, 1.54) is 4.68 Å². The summed E-state index contributed by atoms with van der Waals surface area (Å²) in [4.78, 5) is 11.8. The molecule has 1 heterocycles. The molecule has 0 spiro atoms. The van der Waals surface area contributed by atoms with Crippen molar-refractivity contribution in [2.75, 3.05) is 12.4 Å². The molecular weight excluding hydrogens is 230 g/mol. The van der Waals surface area contributed by atoms with Crippen LogP contribution < -0.4 is 10.6 Å². The maximum Gasteiger partial charge on any atom is 0.246 e. The van der Waals surface area contributed by atoms with Crippen LogP contribution in [0.4, 0.5) is 5.69 Å². The number of nitrogens with zero attached hydrogens (tertiary/aromatic N) is 3. The fourth-order valence-corrected chi connectivity index (χ4v) is 1.64. The number of hydrogen-bond donors (Lipinski definition) is 2. The first-order chi connectivity index (χ1) is 8.79. The third-order valence-corrected chi connectivity index (χ3v) is 2.44. The molecule has 0 radical (unpaired) electrons. The summed E-state index contributed by atoms with van der Waals surface area (Å²) in [7, 11) is 1.87. The Morgan fingerprint density at radius 2 is 2.22 bits per heavy atom. The Kier molecular flexibility index (Phi) is 4.03. The molecule has 1 amide bonds. The summed E-state index contributed by atoms with van der Waals surface area (Å²) in [5, 5.41) is 13.3. The molecule has 0 aliphatic rings. The SMILES string of the molecule is CNCc1ccccc1NC(=O)Cn1ccnn1. The Balaban J connectivity index is 2.02. The number of para-hydroxylation sites is 1. The predicted octanol–water partition coefficient (Wildman–Crippen LogP) is 0.636. The molecule has 0 bridgehead atoms. The molecule has 0 aliphatic heterocycles. The van der Waals surface area contributed by atoms with E-state index in [0.717, 1.165) is 11.3 Å². The van der Waals surface area contributed by atoms with Gasteiger partial charge in [-0.1, -0.05) is 23.4 Å². The number of carbonyl (C=O) groups excluding carboxylic acids is 1. The number of nitrogens with one attached hydrogen (secondary N) is 2. The van der Waals surface area contributed by atoms with Crippen molar-refractivity contribution in [3.63, 3.8) is 0 Å². The topological polar surface area (TPSA) is 71.8 Å². The van der Waals surface area contributed by atoms with E-state index in [9.17, 15) is 4.79 Å². The molecule has 2 rings (SSSR count). The Bertz CT molecular complexity index is 509. The first kappa shape index (κ1) is 12.3. The molecule has 0 unspecified atom stereocenters. The molecule has 18 heavy (non-hydrogen) atoms. The lowest BCUT2D eigenvalue weighted by Gasteiger charge is -2.10. The Hall–Kier alpha value is -2.21. The number of hydrogen-bond acceptors (Lipinski definition) is 4. The van der Waals surface area contributed by atoms with Crippen LogP contribution in [0.25, 0.3) is 0 Å². The van der Waals surface area contributed by atoms with Gasteiger partial charge in [0.05, 0.1) is 6.20 Å². The molecule has 0 saturated carbocycles. The van der Waals surface area contributed by atoms with Gasteiger partial charge in [-0.05, 0) is 18.7 Å². The second-order valence-corrected chi connectivity index (χ2v) is 3.84. The maximum absolute atomic E-state index is 11.8. The average Bonchev–Trinajstić information content (AvgIpc) is 2.84. The van der Waals surface area contributed by atoms with Crippen LogP contribution >= 0.6 is 0 Å². The molecule has 2 aromatic rings. The second kappa shape index (κ2) is 5.92. The number of benzene rings is 1. The first-order valence-electron chi connectivity index (χ1n) is 5.66. The molecule has 0 aliphatic carbocycles. The fourth-order valence-electron chi connectivity index (χ4n) is 1.64.